The molecule has 0 radical (unpaired) electrons. The predicted molar refractivity (Wildman–Crippen MR) is 94.9 cm³/mol. The van der Waals surface area contributed by atoms with Gasteiger partial charge in [0.05, 0.1) is 0 Å². The Labute approximate surface area is 154 Å². The van der Waals surface area contributed by atoms with Gasteiger partial charge < -0.3 is 9.80 Å². The number of nitrogens with zero attached hydrogens (tertiary/aromatic N) is 4. The summed E-state index contributed by atoms with van der Waals surface area (Å²) in [6.07, 6.45) is 0.606. The standard InChI is InChI=1S/C16H32N6O4/c23-15(17-25)1-3-19-5-9-21-11-7-20(4-2-16(24)18-26)8-12-22(10-6-19)14-13-21/h25-26H,1-14H2,(H,17,23)(H,18,24). The van der Waals surface area contributed by atoms with Crippen LogP contribution in [-0.4, -0.2) is 120 Å². The number of hydrogen-bond acceptors (Lipinski definition) is 8. The average molecular weight is 372 g/mol. The Bertz CT molecular complexity index is 396. The number of fused-ring (bicyclic) bond motifs is 3. The molecule has 0 aromatic rings. The van der Waals surface area contributed by atoms with E-state index in [4.69, 9.17) is 10.4 Å². The first-order valence-electron chi connectivity index (χ1n) is 9.36. The van der Waals surface area contributed by atoms with Gasteiger partial charge in [-0.1, -0.05) is 0 Å². The van der Waals surface area contributed by atoms with Crippen LogP contribution in [0.3, 0.4) is 0 Å². The van der Waals surface area contributed by atoms with Crippen LogP contribution >= 0.6 is 0 Å². The second-order valence-electron chi connectivity index (χ2n) is 6.94. The van der Waals surface area contributed by atoms with Gasteiger partial charge in [0.1, 0.15) is 0 Å². The van der Waals surface area contributed by atoms with E-state index in [0.29, 0.717) is 25.9 Å². The van der Waals surface area contributed by atoms with Gasteiger partial charge in [0, 0.05) is 91.4 Å². The van der Waals surface area contributed by atoms with Crippen LogP contribution in [0, 0.1) is 0 Å². The SMILES string of the molecule is O=C(CCN1CCN2CCN(CCC(=O)NO)CCN(CC1)CC2)NO. The maximum absolute atomic E-state index is 11.3. The molecule has 2 bridgehead atoms. The second kappa shape index (κ2) is 11.4. The van der Waals surface area contributed by atoms with E-state index in [-0.39, 0.29) is 11.8 Å². The summed E-state index contributed by atoms with van der Waals surface area (Å²) in [5, 5.41) is 17.3. The van der Waals surface area contributed by atoms with Gasteiger partial charge in [0.15, 0.2) is 0 Å². The van der Waals surface area contributed by atoms with Crippen LogP contribution in [0.4, 0.5) is 0 Å². The molecular weight excluding hydrogens is 340 g/mol. The largest absolute Gasteiger partial charge is 0.300 e. The van der Waals surface area contributed by atoms with Gasteiger partial charge in [-0.15, -0.1) is 0 Å². The molecule has 0 saturated carbocycles. The van der Waals surface area contributed by atoms with E-state index in [9.17, 15) is 9.59 Å². The average Bonchev–Trinajstić information content (AvgIpc) is 2.81. The highest BCUT2D eigenvalue weighted by Gasteiger charge is 2.20. The van der Waals surface area contributed by atoms with Crippen molar-refractivity contribution >= 4 is 11.8 Å². The Hall–Kier alpha value is -1.30. The third-order valence-corrected chi connectivity index (χ3v) is 5.22. The zero-order valence-electron chi connectivity index (χ0n) is 15.4. The lowest BCUT2D eigenvalue weighted by molar-refractivity contribution is -0.130. The normalized spacial score (nSPS) is 25.9. The van der Waals surface area contributed by atoms with Gasteiger partial charge in [-0.25, -0.2) is 11.0 Å². The summed E-state index contributed by atoms with van der Waals surface area (Å²) in [6, 6.07) is 0. The molecule has 2 amide bonds. The zero-order chi connectivity index (χ0) is 18.8. The number of amides is 2. The van der Waals surface area contributed by atoms with Gasteiger partial charge in [-0.05, 0) is 0 Å². The van der Waals surface area contributed by atoms with Crippen LogP contribution in [0.1, 0.15) is 12.8 Å². The number of rotatable bonds is 6. The van der Waals surface area contributed by atoms with Crippen molar-refractivity contribution in [3.63, 3.8) is 0 Å². The van der Waals surface area contributed by atoms with Crippen molar-refractivity contribution in [1.29, 1.82) is 0 Å². The fraction of sp³-hybridized carbons (Fsp3) is 0.875. The fourth-order valence-electron chi connectivity index (χ4n) is 3.39. The predicted octanol–water partition coefficient (Wildman–Crippen LogP) is -1.99. The third kappa shape index (κ3) is 7.52. The van der Waals surface area contributed by atoms with E-state index < -0.39 is 0 Å². The molecule has 0 aliphatic carbocycles. The van der Waals surface area contributed by atoms with Gasteiger partial charge in [-0.2, -0.15) is 0 Å². The molecule has 0 aromatic heterocycles. The highest BCUT2D eigenvalue weighted by Crippen LogP contribution is 2.06. The lowest BCUT2D eigenvalue weighted by Crippen LogP contribution is -2.43. The molecule has 26 heavy (non-hydrogen) atoms. The molecule has 0 spiro atoms. The molecule has 2 saturated heterocycles. The minimum atomic E-state index is -0.345. The summed E-state index contributed by atoms with van der Waals surface area (Å²) in [5.41, 5.74) is 3.39. The van der Waals surface area contributed by atoms with Crippen LogP contribution in [-0.2, 0) is 9.59 Å². The maximum Gasteiger partial charge on any atom is 0.244 e. The van der Waals surface area contributed by atoms with Crippen LogP contribution < -0.4 is 11.0 Å². The molecule has 150 valence electrons. The quantitative estimate of drug-likeness (QED) is 0.313. The van der Waals surface area contributed by atoms with E-state index in [1.807, 2.05) is 0 Å². The second-order valence-corrected chi connectivity index (χ2v) is 6.94. The van der Waals surface area contributed by atoms with Crippen LogP contribution in [0.5, 0.6) is 0 Å². The molecule has 2 fully saturated rings. The summed E-state index contributed by atoms with van der Waals surface area (Å²) >= 11 is 0. The summed E-state index contributed by atoms with van der Waals surface area (Å²) in [6.45, 7) is 10.7. The van der Waals surface area contributed by atoms with Crippen molar-refractivity contribution in [1.82, 2.24) is 30.6 Å². The highest BCUT2D eigenvalue weighted by molar-refractivity contribution is 5.75. The fourth-order valence-corrected chi connectivity index (χ4v) is 3.39. The minimum absolute atomic E-state index is 0.303. The van der Waals surface area contributed by atoms with Crippen molar-refractivity contribution in [2.75, 3.05) is 78.5 Å². The molecule has 2 aliphatic heterocycles. The van der Waals surface area contributed by atoms with E-state index in [1.165, 1.54) is 0 Å². The lowest BCUT2D eigenvalue weighted by atomic mass is 10.3. The Balaban J connectivity index is 1.88. The van der Waals surface area contributed by atoms with E-state index in [0.717, 1.165) is 65.4 Å². The molecule has 4 N–H and O–H groups in total. The third-order valence-electron chi connectivity index (χ3n) is 5.22. The molecule has 10 heteroatoms. The van der Waals surface area contributed by atoms with Gasteiger partial charge in [-0.3, -0.25) is 29.8 Å². The Morgan fingerprint density at radius 2 is 0.923 bits per heavy atom. The molecule has 2 rings (SSSR count). The summed E-state index contributed by atoms with van der Waals surface area (Å²) < 4.78 is 0. The van der Waals surface area contributed by atoms with E-state index >= 15 is 0 Å². The monoisotopic (exact) mass is 372 g/mol. The van der Waals surface area contributed by atoms with E-state index in [1.54, 1.807) is 11.0 Å². The molecule has 10 nitrogen and oxygen atoms in total. The van der Waals surface area contributed by atoms with Crippen molar-refractivity contribution < 1.29 is 20.0 Å². The Morgan fingerprint density at radius 3 is 1.23 bits per heavy atom. The van der Waals surface area contributed by atoms with Crippen molar-refractivity contribution in [3.05, 3.63) is 0 Å². The van der Waals surface area contributed by atoms with Gasteiger partial charge in [0.25, 0.3) is 0 Å². The summed E-state index contributed by atoms with van der Waals surface area (Å²) in [7, 11) is 0. The summed E-state index contributed by atoms with van der Waals surface area (Å²) in [5.74, 6) is -0.690. The minimum Gasteiger partial charge on any atom is -0.300 e. The zero-order valence-corrected chi connectivity index (χ0v) is 15.4. The molecule has 2 heterocycles. The topological polar surface area (TPSA) is 112 Å². The lowest BCUT2D eigenvalue weighted by Gasteiger charge is -2.29. The number of carbonyl (C=O) groups is 2. The molecule has 0 aromatic carbocycles. The number of hydrogen-bond donors (Lipinski definition) is 4. The number of nitrogens with one attached hydrogen (secondary N) is 2. The molecule has 0 unspecified atom stereocenters. The van der Waals surface area contributed by atoms with E-state index in [2.05, 4.69) is 19.6 Å². The Kier molecular flexibility index (Phi) is 9.23. The number of carbonyl (C=O) groups excluding carboxylic acids is 2. The maximum atomic E-state index is 11.3. The van der Waals surface area contributed by atoms with Crippen molar-refractivity contribution in [3.8, 4) is 0 Å². The van der Waals surface area contributed by atoms with Crippen LogP contribution in [0.2, 0.25) is 0 Å². The van der Waals surface area contributed by atoms with Crippen LogP contribution in [0.25, 0.3) is 0 Å². The molecule has 2 aliphatic rings. The Morgan fingerprint density at radius 1 is 0.615 bits per heavy atom. The van der Waals surface area contributed by atoms with Crippen molar-refractivity contribution in [2.24, 2.45) is 0 Å². The van der Waals surface area contributed by atoms with Gasteiger partial charge >= 0.3 is 0 Å². The van der Waals surface area contributed by atoms with Crippen LogP contribution in [0.15, 0.2) is 0 Å². The summed E-state index contributed by atoms with van der Waals surface area (Å²) in [4.78, 5) is 32.0. The van der Waals surface area contributed by atoms with Gasteiger partial charge in [0.2, 0.25) is 11.8 Å². The first kappa shape index (κ1) is 21.0. The first-order valence-corrected chi connectivity index (χ1v) is 9.36. The molecular formula is C16H32N6O4. The van der Waals surface area contributed by atoms with Crippen molar-refractivity contribution in [2.45, 2.75) is 12.8 Å². The highest BCUT2D eigenvalue weighted by atomic mass is 16.5. The first-order chi connectivity index (χ1) is 12.6. The number of hydroxylamine groups is 2. The smallest absolute Gasteiger partial charge is 0.244 e. The molecule has 0 atom stereocenters.